The van der Waals surface area contributed by atoms with Crippen LogP contribution in [0.4, 0.5) is 0 Å². The summed E-state index contributed by atoms with van der Waals surface area (Å²) in [4.78, 5) is 2.59. The van der Waals surface area contributed by atoms with Gasteiger partial charge in [-0.25, -0.2) is 0 Å². The molecular formula is C15H23BrN2. The van der Waals surface area contributed by atoms with Crippen LogP contribution in [0.15, 0.2) is 28.7 Å². The fourth-order valence-electron chi connectivity index (χ4n) is 2.73. The molecule has 2 nitrogen and oxygen atoms in total. The van der Waals surface area contributed by atoms with Gasteiger partial charge in [-0.15, -0.1) is 0 Å². The number of rotatable bonds is 4. The molecule has 1 aromatic carbocycles. The van der Waals surface area contributed by atoms with Gasteiger partial charge < -0.3 is 5.32 Å². The van der Waals surface area contributed by atoms with Gasteiger partial charge in [-0.1, -0.05) is 35.0 Å². The van der Waals surface area contributed by atoms with Gasteiger partial charge in [-0.2, -0.15) is 0 Å². The van der Waals surface area contributed by atoms with Crippen LogP contribution in [-0.4, -0.2) is 30.6 Å². The molecule has 1 aliphatic rings. The van der Waals surface area contributed by atoms with E-state index in [1.54, 1.807) is 0 Å². The molecule has 0 amide bonds. The fraction of sp³-hybridized carbons (Fsp3) is 0.600. The molecule has 1 atom stereocenters. The molecule has 1 saturated heterocycles. The molecule has 0 spiro atoms. The molecule has 1 heterocycles. The van der Waals surface area contributed by atoms with E-state index in [2.05, 4.69) is 64.3 Å². The van der Waals surface area contributed by atoms with Crippen molar-refractivity contribution in [3.63, 3.8) is 0 Å². The summed E-state index contributed by atoms with van der Waals surface area (Å²) in [5.41, 5.74) is 1.42. The van der Waals surface area contributed by atoms with Crippen molar-refractivity contribution in [2.24, 2.45) is 0 Å². The topological polar surface area (TPSA) is 15.3 Å². The Hall–Kier alpha value is -0.380. The van der Waals surface area contributed by atoms with Crippen LogP contribution in [0.3, 0.4) is 0 Å². The first-order valence-electron chi connectivity index (χ1n) is 6.93. The second-order valence-electron chi connectivity index (χ2n) is 5.10. The summed E-state index contributed by atoms with van der Waals surface area (Å²) >= 11 is 3.49. The largest absolute Gasteiger partial charge is 0.314 e. The number of nitrogens with one attached hydrogen (secondary N) is 1. The lowest BCUT2D eigenvalue weighted by atomic mass is 10.0. The predicted octanol–water partition coefficient (Wildman–Crippen LogP) is 3.58. The lowest BCUT2D eigenvalue weighted by molar-refractivity contribution is 0.153. The van der Waals surface area contributed by atoms with Gasteiger partial charge in [-0.05, 0) is 44.0 Å². The summed E-state index contributed by atoms with van der Waals surface area (Å²) in [7, 11) is 0. The standard InChI is InChI=1S/C15H23BrN2/c1-3-17-15-8-10-18(11-9-15)12(2)13-4-6-14(16)7-5-13/h4-7,12,15,17H,3,8-11H2,1-2H3. The molecule has 1 aromatic rings. The van der Waals surface area contributed by atoms with Crippen LogP contribution in [0.1, 0.15) is 38.3 Å². The summed E-state index contributed by atoms with van der Waals surface area (Å²) in [5, 5.41) is 3.56. The molecule has 1 fully saturated rings. The summed E-state index contributed by atoms with van der Waals surface area (Å²) < 4.78 is 1.16. The van der Waals surface area contributed by atoms with Gasteiger partial charge in [0.05, 0.1) is 0 Å². The van der Waals surface area contributed by atoms with E-state index in [0.29, 0.717) is 6.04 Å². The van der Waals surface area contributed by atoms with Crippen LogP contribution in [0, 0.1) is 0 Å². The predicted molar refractivity (Wildman–Crippen MR) is 80.8 cm³/mol. The second-order valence-corrected chi connectivity index (χ2v) is 6.01. The van der Waals surface area contributed by atoms with Gasteiger partial charge in [0.1, 0.15) is 0 Å². The van der Waals surface area contributed by atoms with Gasteiger partial charge in [-0.3, -0.25) is 4.90 Å². The minimum atomic E-state index is 0.528. The zero-order chi connectivity index (χ0) is 13.0. The lowest BCUT2D eigenvalue weighted by Gasteiger charge is -2.36. The van der Waals surface area contributed by atoms with Crippen molar-refractivity contribution >= 4 is 15.9 Å². The highest BCUT2D eigenvalue weighted by atomic mass is 79.9. The van der Waals surface area contributed by atoms with E-state index < -0.39 is 0 Å². The van der Waals surface area contributed by atoms with E-state index in [4.69, 9.17) is 0 Å². The maximum atomic E-state index is 3.56. The average molecular weight is 311 g/mol. The number of hydrogen-bond donors (Lipinski definition) is 1. The third-order valence-corrected chi connectivity index (χ3v) is 4.45. The first-order valence-corrected chi connectivity index (χ1v) is 7.73. The number of nitrogens with zero attached hydrogens (tertiary/aromatic N) is 1. The second kappa shape index (κ2) is 6.69. The minimum absolute atomic E-state index is 0.528. The van der Waals surface area contributed by atoms with Gasteiger partial charge in [0, 0.05) is 29.6 Å². The molecule has 1 N–H and O–H groups in total. The van der Waals surface area contributed by atoms with Crippen molar-refractivity contribution in [3.05, 3.63) is 34.3 Å². The van der Waals surface area contributed by atoms with Crippen molar-refractivity contribution in [2.45, 2.75) is 38.8 Å². The first kappa shape index (κ1) is 14.0. The first-order chi connectivity index (χ1) is 8.70. The third-order valence-electron chi connectivity index (χ3n) is 3.92. The Morgan fingerprint density at radius 3 is 2.44 bits per heavy atom. The Labute approximate surface area is 119 Å². The van der Waals surface area contributed by atoms with Crippen LogP contribution in [-0.2, 0) is 0 Å². The Bertz CT molecular complexity index is 355. The Kier molecular flexibility index (Phi) is 5.22. The van der Waals surface area contributed by atoms with E-state index >= 15 is 0 Å². The van der Waals surface area contributed by atoms with Crippen molar-refractivity contribution in [1.29, 1.82) is 0 Å². The highest BCUT2D eigenvalue weighted by Crippen LogP contribution is 2.25. The quantitative estimate of drug-likeness (QED) is 0.914. The van der Waals surface area contributed by atoms with Crippen LogP contribution in [0.25, 0.3) is 0 Å². The van der Waals surface area contributed by atoms with Crippen LogP contribution >= 0.6 is 15.9 Å². The van der Waals surface area contributed by atoms with E-state index in [0.717, 1.165) is 17.1 Å². The molecule has 1 aliphatic heterocycles. The zero-order valence-corrected chi connectivity index (χ0v) is 12.9. The van der Waals surface area contributed by atoms with Crippen molar-refractivity contribution in [2.75, 3.05) is 19.6 Å². The molecule has 2 rings (SSSR count). The van der Waals surface area contributed by atoms with E-state index in [-0.39, 0.29) is 0 Å². The summed E-state index contributed by atoms with van der Waals surface area (Å²) in [6.45, 7) is 8.00. The van der Waals surface area contributed by atoms with E-state index in [1.165, 1.54) is 31.5 Å². The highest BCUT2D eigenvalue weighted by molar-refractivity contribution is 9.10. The smallest absolute Gasteiger partial charge is 0.0319 e. The minimum Gasteiger partial charge on any atom is -0.314 e. The summed E-state index contributed by atoms with van der Waals surface area (Å²) in [5.74, 6) is 0. The maximum Gasteiger partial charge on any atom is 0.0319 e. The van der Waals surface area contributed by atoms with Crippen molar-refractivity contribution in [3.8, 4) is 0 Å². The molecular weight excluding hydrogens is 288 g/mol. The highest BCUT2D eigenvalue weighted by Gasteiger charge is 2.22. The molecule has 100 valence electrons. The molecule has 0 saturated carbocycles. The maximum absolute atomic E-state index is 3.56. The molecule has 0 aromatic heterocycles. The molecule has 3 heteroatoms. The van der Waals surface area contributed by atoms with E-state index in [9.17, 15) is 0 Å². The van der Waals surface area contributed by atoms with Gasteiger partial charge in [0.25, 0.3) is 0 Å². The van der Waals surface area contributed by atoms with Gasteiger partial charge in [0.2, 0.25) is 0 Å². The van der Waals surface area contributed by atoms with Crippen LogP contribution in [0.5, 0.6) is 0 Å². The Morgan fingerprint density at radius 2 is 1.89 bits per heavy atom. The number of likely N-dealkylation sites (tertiary alicyclic amines) is 1. The lowest BCUT2D eigenvalue weighted by Crippen LogP contribution is -2.43. The average Bonchev–Trinajstić information content (AvgIpc) is 2.40. The molecule has 18 heavy (non-hydrogen) atoms. The van der Waals surface area contributed by atoms with Gasteiger partial charge in [0.15, 0.2) is 0 Å². The molecule has 0 radical (unpaired) electrons. The Morgan fingerprint density at radius 1 is 1.28 bits per heavy atom. The van der Waals surface area contributed by atoms with Crippen LogP contribution in [0.2, 0.25) is 0 Å². The number of halogens is 1. The monoisotopic (exact) mass is 310 g/mol. The Balaban J connectivity index is 1.91. The normalized spacial score (nSPS) is 19.9. The summed E-state index contributed by atoms with van der Waals surface area (Å²) in [6.07, 6.45) is 2.55. The van der Waals surface area contributed by atoms with Crippen molar-refractivity contribution < 1.29 is 0 Å². The number of piperidine rings is 1. The van der Waals surface area contributed by atoms with Crippen molar-refractivity contribution in [1.82, 2.24) is 10.2 Å². The van der Waals surface area contributed by atoms with Crippen LogP contribution < -0.4 is 5.32 Å². The molecule has 1 unspecified atom stereocenters. The zero-order valence-electron chi connectivity index (χ0n) is 11.3. The van der Waals surface area contributed by atoms with E-state index in [1.807, 2.05) is 0 Å². The number of benzene rings is 1. The summed E-state index contributed by atoms with van der Waals surface area (Å²) in [6, 6.07) is 9.98. The molecule has 0 bridgehead atoms. The third kappa shape index (κ3) is 3.56. The van der Waals surface area contributed by atoms with Gasteiger partial charge >= 0.3 is 0 Å². The number of hydrogen-bond acceptors (Lipinski definition) is 2. The SMILES string of the molecule is CCNC1CCN(C(C)c2ccc(Br)cc2)CC1. The molecule has 0 aliphatic carbocycles. The fourth-order valence-corrected chi connectivity index (χ4v) is 3.00.